The standard InChI is InChI=1S/C3H6O3.C2H5NO/c1-3(4)6-5-2;1-3-2-4/h1-2H3;2H,1H3,(H,3,4). The first-order chi connectivity index (χ1) is 4.68. The number of nitrogens with one attached hydrogen (secondary N) is 1. The lowest BCUT2D eigenvalue weighted by molar-refractivity contribution is -0.252. The van der Waals surface area contributed by atoms with Crippen molar-refractivity contribution in [3.8, 4) is 0 Å². The third-order valence-corrected chi connectivity index (χ3v) is 0.319. The number of hydrogen-bond acceptors (Lipinski definition) is 4. The van der Waals surface area contributed by atoms with Crippen molar-refractivity contribution in [3.05, 3.63) is 0 Å². The Bertz CT molecular complexity index is 93.6. The number of rotatable bonds is 2. The highest BCUT2D eigenvalue weighted by Gasteiger charge is 1.83. The van der Waals surface area contributed by atoms with Crippen molar-refractivity contribution in [1.29, 1.82) is 0 Å². The first kappa shape index (κ1) is 11.7. The summed E-state index contributed by atoms with van der Waals surface area (Å²) in [7, 11) is 2.84. The minimum absolute atomic E-state index is 0.433. The second kappa shape index (κ2) is 10.8. The van der Waals surface area contributed by atoms with E-state index in [0.29, 0.717) is 6.41 Å². The topological polar surface area (TPSA) is 64.6 Å². The Morgan fingerprint density at radius 3 is 2.00 bits per heavy atom. The van der Waals surface area contributed by atoms with Crippen molar-refractivity contribution < 1.29 is 19.4 Å². The van der Waals surface area contributed by atoms with Crippen LogP contribution in [0.3, 0.4) is 0 Å². The summed E-state index contributed by atoms with van der Waals surface area (Å²) in [6.45, 7) is 1.27. The van der Waals surface area contributed by atoms with Crippen molar-refractivity contribution in [2.24, 2.45) is 0 Å². The van der Waals surface area contributed by atoms with Gasteiger partial charge in [-0.25, -0.2) is 4.79 Å². The molecule has 0 unspecified atom stereocenters. The van der Waals surface area contributed by atoms with Crippen LogP contribution in [0.15, 0.2) is 0 Å². The van der Waals surface area contributed by atoms with Gasteiger partial charge in [-0.1, -0.05) is 0 Å². The Hall–Kier alpha value is -1.10. The lowest BCUT2D eigenvalue weighted by atomic mass is 10.8. The smallest absolute Gasteiger partial charge is 0.339 e. The molecule has 0 heterocycles. The van der Waals surface area contributed by atoms with Crippen LogP contribution >= 0.6 is 0 Å². The van der Waals surface area contributed by atoms with Crippen LogP contribution in [-0.4, -0.2) is 26.5 Å². The van der Waals surface area contributed by atoms with Gasteiger partial charge in [-0.3, -0.25) is 9.68 Å². The van der Waals surface area contributed by atoms with Gasteiger partial charge < -0.3 is 5.32 Å². The third-order valence-electron chi connectivity index (χ3n) is 0.319. The van der Waals surface area contributed by atoms with Crippen LogP contribution in [0.2, 0.25) is 0 Å². The van der Waals surface area contributed by atoms with E-state index in [1.807, 2.05) is 0 Å². The van der Waals surface area contributed by atoms with E-state index >= 15 is 0 Å². The Balaban J connectivity index is 0. The summed E-state index contributed by atoms with van der Waals surface area (Å²) >= 11 is 0. The normalized spacial score (nSPS) is 6.70. The minimum Gasteiger partial charge on any atom is -0.362 e. The van der Waals surface area contributed by atoms with E-state index in [-0.39, 0.29) is 0 Å². The number of hydrogen-bond donors (Lipinski definition) is 1. The molecule has 0 spiro atoms. The predicted molar refractivity (Wildman–Crippen MR) is 33.9 cm³/mol. The fourth-order valence-corrected chi connectivity index (χ4v) is 0.117. The van der Waals surface area contributed by atoms with E-state index in [2.05, 4.69) is 15.1 Å². The molecule has 0 bridgehead atoms. The summed E-state index contributed by atoms with van der Waals surface area (Å²) in [4.78, 5) is 26.6. The fourth-order valence-electron chi connectivity index (χ4n) is 0.117. The van der Waals surface area contributed by atoms with E-state index in [1.165, 1.54) is 14.0 Å². The lowest BCUT2D eigenvalue weighted by Gasteiger charge is -1.87. The van der Waals surface area contributed by atoms with Crippen molar-refractivity contribution >= 4 is 12.4 Å². The molecule has 0 atom stereocenters. The van der Waals surface area contributed by atoms with Crippen LogP contribution in [0, 0.1) is 0 Å². The molecule has 10 heavy (non-hydrogen) atoms. The quantitative estimate of drug-likeness (QED) is 0.326. The second-order valence-electron chi connectivity index (χ2n) is 1.15. The highest BCUT2D eigenvalue weighted by Crippen LogP contribution is 1.69. The molecule has 0 saturated carbocycles. The largest absolute Gasteiger partial charge is 0.362 e. The molecule has 0 aromatic heterocycles. The molecule has 0 aromatic carbocycles. The van der Waals surface area contributed by atoms with E-state index in [0.717, 1.165) is 0 Å². The van der Waals surface area contributed by atoms with Gasteiger partial charge in [0.05, 0.1) is 7.11 Å². The van der Waals surface area contributed by atoms with Crippen molar-refractivity contribution in [2.75, 3.05) is 14.2 Å². The zero-order valence-corrected chi connectivity index (χ0v) is 6.21. The van der Waals surface area contributed by atoms with Gasteiger partial charge in [0.1, 0.15) is 0 Å². The van der Waals surface area contributed by atoms with E-state index in [4.69, 9.17) is 4.79 Å². The zero-order chi connectivity index (χ0) is 8.41. The molecule has 5 nitrogen and oxygen atoms in total. The summed E-state index contributed by atoms with van der Waals surface area (Å²) in [5, 5.41) is 2.25. The molecule has 0 fully saturated rings. The minimum atomic E-state index is -0.433. The van der Waals surface area contributed by atoms with Crippen LogP contribution in [0.25, 0.3) is 0 Å². The molecular formula is C5H11NO4. The van der Waals surface area contributed by atoms with Gasteiger partial charge in [0.25, 0.3) is 0 Å². The van der Waals surface area contributed by atoms with Gasteiger partial charge >= 0.3 is 5.97 Å². The maximum Gasteiger partial charge on any atom is 0.339 e. The van der Waals surface area contributed by atoms with E-state index < -0.39 is 5.97 Å². The molecule has 60 valence electrons. The maximum atomic E-state index is 9.70. The summed E-state index contributed by atoms with van der Waals surface area (Å²) in [6.07, 6.45) is 0.625. The molecule has 0 aliphatic heterocycles. The first-order valence-corrected chi connectivity index (χ1v) is 2.51. The van der Waals surface area contributed by atoms with Gasteiger partial charge in [-0.2, -0.15) is 4.89 Å². The lowest BCUT2D eigenvalue weighted by Crippen LogP contribution is -1.98. The SMILES string of the molecule is CNC=O.COOC(C)=O. The molecule has 1 N–H and O–H groups in total. The van der Waals surface area contributed by atoms with Crippen molar-refractivity contribution in [2.45, 2.75) is 6.92 Å². The molecule has 0 saturated heterocycles. The van der Waals surface area contributed by atoms with Crippen LogP contribution in [0.1, 0.15) is 6.92 Å². The average Bonchev–Trinajstić information content (AvgIpc) is 1.89. The molecule has 5 heteroatoms. The second-order valence-corrected chi connectivity index (χ2v) is 1.15. The molecule has 0 radical (unpaired) electrons. The zero-order valence-electron chi connectivity index (χ0n) is 6.21. The average molecular weight is 149 g/mol. The Morgan fingerprint density at radius 1 is 1.60 bits per heavy atom. The van der Waals surface area contributed by atoms with Crippen LogP contribution in [0.4, 0.5) is 0 Å². The Morgan fingerprint density at radius 2 is 2.00 bits per heavy atom. The molecular weight excluding hydrogens is 138 g/mol. The summed E-state index contributed by atoms with van der Waals surface area (Å²) in [5.74, 6) is -0.433. The molecule has 1 amide bonds. The summed E-state index contributed by atoms with van der Waals surface area (Å²) in [5.41, 5.74) is 0. The molecule has 0 aliphatic rings. The predicted octanol–water partition coefficient (Wildman–Crippen LogP) is -0.527. The first-order valence-electron chi connectivity index (χ1n) is 2.51. The molecule has 0 aliphatic carbocycles. The van der Waals surface area contributed by atoms with Gasteiger partial charge in [0, 0.05) is 14.0 Å². The third kappa shape index (κ3) is 28.6. The Kier molecular flexibility index (Phi) is 12.6. The fraction of sp³-hybridized carbons (Fsp3) is 0.600. The summed E-state index contributed by atoms with van der Waals surface area (Å²) in [6, 6.07) is 0. The van der Waals surface area contributed by atoms with Gasteiger partial charge in [-0.05, 0) is 0 Å². The van der Waals surface area contributed by atoms with Gasteiger partial charge in [0.2, 0.25) is 6.41 Å². The number of carbonyl (C=O) groups excluding carboxylic acids is 2. The summed E-state index contributed by atoms with van der Waals surface area (Å²) < 4.78 is 0. The maximum absolute atomic E-state index is 9.70. The van der Waals surface area contributed by atoms with Gasteiger partial charge in [-0.15, -0.1) is 0 Å². The highest BCUT2D eigenvalue weighted by atomic mass is 17.2. The molecule has 0 aromatic rings. The van der Waals surface area contributed by atoms with Crippen LogP contribution < -0.4 is 5.32 Å². The van der Waals surface area contributed by atoms with Crippen LogP contribution in [-0.2, 0) is 19.4 Å². The Labute approximate surface area is 59.2 Å². The van der Waals surface area contributed by atoms with Crippen molar-refractivity contribution in [1.82, 2.24) is 5.32 Å². The van der Waals surface area contributed by atoms with Gasteiger partial charge in [0.15, 0.2) is 0 Å². The number of amides is 1. The highest BCUT2D eigenvalue weighted by molar-refractivity contribution is 5.65. The monoisotopic (exact) mass is 149 g/mol. The van der Waals surface area contributed by atoms with Crippen molar-refractivity contribution in [3.63, 3.8) is 0 Å². The molecule has 0 rings (SSSR count). The van der Waals surface area contributed by atoms with E-state index in [1.54, 1.807) is 7.05 Å². The van der Waals surface area contributed by atoms with E-state index in [9.17, 15) is 4.79 Å². The van der Waals surface area contributed by atoms with Crippen LogP contribution in [0.5, 0.6) is 0 Å². The number of carbonyl (C=O) groups is 2.